The van der Waals surface area contributed by atoms with Crippen LogP contribution in [0.4, 0.5) is 5.69 Å². The largest absolute Gasteiger partial charge is 0.422 e. The van der Waals surface area contributed by atoms with E-state index in [1.165, 1.54) is 24.3 Å². The van der Waals surface area contributed by atoms with Crippen molar-refractivity contribution in [2.75, 3.05) is 5.32 Å². The molecule has 0 bridgehead atoms. The van der Waals surface area contributed by atoms with Crippen LogP contribution in [0.2, 0.25) is 5.02 Å². The Balaban J connectivity index is 1.29. The van der Waals surface area contributed by atoms with E-state index in [0.29, 0.717) is 27.4 Å². The normalized spacial score (nSPS) is 10.6. The van der Waals surface area contributed by atoms with E-state index in [4.69, 9.17) is 16.3 Å². The van der Waals surface area contributed by atoms with Gasteiger partial charge in [-0.1, -0.05) is 47.5 Å². The number of hydrogen-bond donors (Lipinski definition) is 3. The molecule has 3 amide bonds. The standard InChI is InChI=1S/C31H24ClN3O5/c1-20-6-8-22(9-7-20)29(37)33-26-17-12-23(13-18-26)30(38)35-34-28(36)19-14-21-4-2-3-5-27(21)40-31(39)24-10-15-25(32)16-11-24/h2-19H,1H3,(H,33,37)(H,34,36)(H,35,38)/b19-14+. The molecule has 0 fully saturated rings. The van der Waals surface area contributed by atoms with Crippen LogP contribution in [0.25, 0.3) is 6.08 Å². The molecule has 200 valence electrons. The quantitative estimate of drug-likeness (QED) is 0.119. The topological polar surface area (TPSA) is 114 Å². The number of carbonyl (C=O) groups is 4. The minimum atomic E-state index is -0.603. The first-order valence-corrected chi connectivity index (χ1v) is 12.5. The van der Waals surface area contributed by atoms with Crippen molar-refractivity contribution in [1.29, 1.82) is 0 Å². The van der Waals surface area contributed by atoms with Crippen LogP contribution >= 0.6 is 11.6 Å². The van der Waals surface area contributed by atoms with E-state index in [2.05, 4.69) is 16.2 Å². The summed E-state index contributed by atoms with van der Waals surface area (Å²) in [4.78, 5) is 49.5. The van der Waals surface area contributed by atoms with Gasteiger partial charge in [-0.05, 0) is 79.7 Å². The highest BCUT2D eigenvalue weighted by atomic mass is 35.5. The third kappa shape index (κ3) is 7.66. The number of carbonyl (C=O) groups excluding carboxylic acids is 4. The van der Waals surface area contributed by atoms with Gasteiger partial charge in [0.05, 0.1) is 5.56 Å². The van der Waals surface area contributed by atoms with Crippen LogP contribution in [0, 0.1) is 6.92 Å². The molecule has 0 saturated carbocycles. The molecule has 3 N–H and O–H groups in total. The van der Waals surface area contributed by atoms with Gasteiger partial charge in [-0.2, -0.15) is 0 Å². The van der Waals surface area contributed by atoms with Crippen LogP contribution in [0.5, 0.6) is 5.75 Å². The molecule has 0 aliphatic heterocycles. The first-order valence-electron chi connectivity index (χ1n) is 12.1. The fraction of sp³-hybridized carbons (Fsp3) is 0.0323. The summed E-state index contributed by atoms with van der Waals surface area (Å²) in [7, 11) is 0. The molecule has 4 aromatic rings. The number of anilines is 1. The summed E-state index contributed by atoms with van der Waals surface area (Å²) in [5.41, 5.74) is 7.79. The zero-order valence-electron chi connectivity index (χ0n) is 21.3. The van der Waals surface area contributed by atoms with Gasteiger partial charge in [0.25, 0.3) is 17.7 Å². The van der Waals surface area contributed by atoms with Gasteiger partial charge in [-0.15, -0.1) is 0 Å². The van der Waals surface area contributed by atoms with Crippen molar-refractivity contribution >= 4 is 47.1 Å². The van der Waals surface area contributed by atoms with Crippen LogP contribution in [0.3, 0.4) is 0 Å². The second-order valence-electron chi connectivity index (χ2n) is 8.61. The third-order valence-corrected chi connectivity index (χ3v) is 5.89. The number of rotatable bonds is 7. The van der Waals surface area contributed by atoms with Crippen molar-refractivity contribution in [1.82, 2.24) is 10.9 Å². The molecule has 0 saturated heterocycles. The minimum Gasteiger partial charge on any atom is -0.422 e. The first-order chi connectivity index (χ1) is 19.3. The number of hydrazine groups is 1. The van der Waals surface area contributed by atoms with Gasteiger partial charge >= 0.3 is 5.97 Å². The minimum absolute atomic E-state index is 0.255. The number of amides is 3. The van der Waals surface area contributed by atoms with E-state index in [1.807, 2.05) is 19.1 Å². The molecule has 0 atom stereocenters. The number of benzene rings is 4. The van der Waals surface area contributed by atoms with Gasteiger partial charge in [0.2, 0.25) is 0 Å². The average molecular weight is 554 g/mol. The van der Waals surface area contributed by atoms with Crippen molar-refractivity contribution in [3.63, 3.8) is 0 Å². The molecule has 0 aromatic heterocycles. The Bertz CT molecular complexity index is 1560. The lowest BCUT2D eigenvalue weighted by molar-refractivity contribution is -0.117. The number of esters is 1. The fourth-order valence-electron chi connectivity index (χ4n) is 3.47. The van der Waals surface area contributed by atoms with Gasteiger partial charge in [0.15, 0.2) is 0 Å². The lowest BCUT2D eigenvalue weighted by Crippen LogP contribution is -2.40. The van der Waals surface area contributed by atoms with Crippen molar-refractivity contribution in [3.8, 4) is 5.75 Å². The first kappa shape index (κ1) is 27.8. The average Bonchev–Trinajstić information content (AvgIpc) is 2.96. The summed E-state index contributed by atoms with van der Waals surface area (Å²) >= 11 is 5.86. The predicted molar refractivity (Wildman–Crippen MR) is 153 cm³/mol. The second kappa shape index (κ2) is 13.0. The SMILES string of the molecule is Cc1ccc(C(=O)Nc2ccc(C(=O)NNC(=O)/C=C/c3ccccc3OC(=O)c3ccc(Cl)cc3)cc2)cc1. The molecular formula is C31H24ClN3O5. The number of nitrogens with one attached hydrogen (secondary N) is 3. The third-order valence-electron chi connectivity index (χ3n) is 5.63. The van der Waals surface area contributed by atoms with E-state index in [0.717, 1.165) is 5.56 Å². The molecule has 9 heteroatoms. The number of aryl methyl sites for hydroxylation is 1. The molecule has 0 unspecified atom stereocenters. The number of para-hydroxylation sites is 1. The van der Waals surface area contributed by atoms with Gasteiger partial charge < -0.3 is 10.1 Å². The van der Waals surface area contributed by atoms with Crippen molar-refractivity contribution < 1.29 is 23.9 Å². The lowest BCUT2D eigenvalue weighted by atomic mass is 10.1. The van der Waals surface area contributed by atoms with E-state index < -0.39 is 17.8 Å². The lowest BCUT2D eigenvalue weighted by Gasteiger charge is -2.09. The maximum Gasteiger partial charge on any atom is 0.343 e. The van der Waals surface area contributed by atoms with Crippen LogP contribution in [0.1, 0.15) is 42.2 Å². The summed E-state index contributed by atoms with van der Waals surface area (Å²) in [6, 6.07) is 26.3. The smallest absolute Gasteiger partial charge is 0.343 e. The van der Waals surface area contributed by atoms with E-state index in [9.17, 15) is 19.2 Å². The molecule has 0 spiro atoms. The van der Waals surface area contributed by atoms with Crippen LogP contribution in [-0.4, -0.2) is 23.7 Å². The molecule has 4 aromatic carbocycles. The maximum absolute atomic E-state index is 12.4. The molecule has 0 heterocycles. The fourth-order valence-corrected chi connectivity index (χ4v) is 3.59. The zero-order valence-corrected chi connectivity index (χ0v) is 22.1. The highest BCUT2D eigenvalue weighted by Crippen LogP contribution is 2.21. The number of ether oxygens (including phenoxy) is 1. The summed E-state index contributed by atoms with van der Waals surface area (Å²) in [5.74, 6) is -1.73. The van der Waals surface area contributed by atoms with E-state index >= 15 is 0 Å². The Morgan fingerprint density at radius 2 is 1.30 bits per heavy atom. The van der Waals surface area contributed by atoms with Crippen LogP contribution < -0.4 is 20.9 Å². The number of halogens is 1. The summed E-state index contributed by atoms with van der Waals surface area (Å²) in [6.07, 6.45) is 2.65. The highest BCUT2D eigenvalue weighted by Gasteiger charge is 2.12. The molecule has 4 rings (SSSR count). The van der Waals surface area contributed by atoms with E-state index in [-0.39, 0.29) is 17.2 Å². The zero-order chi connectivity index (χ0) is 28.5. The molecule has 0 aliphatic rings. The molecular weight excluding hydrogens is 530 g/mol. The molecule has 40 heavy (non-hydrogen) atoms. The van der Waals surface area contributed by atoms with E-state index in [1.54, 1.807) is 72.8 Å². The van der Waals surface area contributed by atoms with Crippen molar-refractivity contribution in [2.45, 2.75) is 6.92 Å². The Labute approximate surface area is 235 Å². The summed E-state index contributed by atoms with van der Waals surface area (Å²) < 4.78 is 5.46. The Morgan fingerprint density at radius 3 is 2.00 bits per heavy atom. The molecule has 0 radical (unpaired) electrons. The Morgan fingerprint density at radius 1 is 0.700 bits per heavy atom. The van der Waals surface area contributed by atoms with Crippen LogP contribution in [0.15, 0.2) is 103 Å². The Kier molecular flexibility index (Phi) is 9.07. The van der Waals surface area contributed by atoms with Crippen molar-refractivity contribution in [3.05, 3.63) is 136 Å². The predicted octanol–water partition coefficient (Wildman–Crippen LogP) is 5.59. The second-order valence-corrected chi connectivity index (χ2v) is 9.04. The van der Waals surface area contributed by atoms with Gasteiger partial charge in [0.1, 0.15) is 5.75 Å². The highest BCUT2D eigenvalue weighted by molar-refractivity contribution is 6.30. The van der Waals surface area contributed by atoms with Crippen LogP contribution in [-0.2, 0) is 4.79 Å². The molecule has 0 aliphatic carbocycles. The number of hydrogen-bond acceptors (Lipinski definition) is 5. The molecule has 8 nitrogen and oxygen atoms in total. The summed E-state index contributed by atoms with van der Waals surface area (Å²) in [5, 5.41) is 3.27. The van der Waals surface area contributed by atoms with Gasteiger partial charge in [0, 0.05) is 33.5 Å². The Hall–Kier alpha value is -5.21. The summed E-state index contributed by atoms with van der Waals surface area (Å²) in [6.45, 7) is 1.94. The van der Waals surface area contributed by atoms with Crippen molar-refractivity contribution in [2.24, 2.45) is 0 Å². The van der Waals surface area contributed by atoms with Gasteiger partial charge in [-0.25, -0.2) is 4.79 Å². The maximum atomic E-state index is 12.4. The monoisotopic (exact) mass is 553 g/mol. The van der Waals surface area contributed by atoms with Gasteiger partial charge in [-0.3, -0.25) is 25.2 Å².